The van der Waals surface area contributed by atoms with Gasteiger partial charge in [0, 0.05) is 4.47 Å². The van der Waals surface area contributed by atoms with Crippen molar-refractivity contribution in [2.24, 2.45) is 0 Å². The Bertz CT molecular complexity index is 649. The van der Waals surface area contributed by atoms with Crippen LogP contribution in [-0.2, 0) is 4.79 Å². The molecule has 0 saturated carbocycles. The van der Waals surface area contributed by atoms with Gasteiger partial charge < -0.3 is 5.32 Å². The first-order valence-corrected chi connectivity index (χ1v) is 5.54. The van der Waals surface area contributed by atoms with Crippen molar-refractivity contribution in [3.63, 3.8) is 0 Å². The predicted molar refractivity (Wildman–Crippen MR) is 64.6 cm³/mol. The molecule has 0 aromatic heterocycles. The second-order valence-corrected chi connectivity index (χ2v) is 4.55. The van der Waals surface area contributed by atoms with E-state index in [0.29, 0.717) is 11.3 Å². The van der Waals surface area contributed by atoms with Gasteiger partial charge in [0.05, 0.1) is 11.3 Å². The molecule has 0 spiro atoms. The molecule has 0 saturated heterocycles. The number of rotatable bonds is 0. The summed E-state index contributed by atoms with van der Waals surface area (Å²) >= 11 is 3.37. The van der Waals surface area contributed by atoms with Gasteiger partial charge in [-0.05, 0) is 29.0 Å². The summed E-state index contributed by atoms with van der Waals surface area (Å²) in [5, 5.41) is 4.31. The average Bonchev–Trinajstić information content (AvgIpc) is 2.55. The summed E-state index contributed by atoms with van der Waals surface area (Å²) < 4.78 is 0.949. The number of amides is 1. The lowest BCUT2D eigenvalue weighted by Gasteiger charge is -2.03. The van der Waals surface area contributed by atoms with Crippen molar-refractivity contribution in [1.29, 1.82) is 0 Å². The van der Waals surface area contributed by atoms with E-state index < -0.39 is 11.7 Å². The van der Waals surface area contributed by atoms with Crippen molar-refractivity contribution in [1.82, 2.24) is 0 Å². The van der Waals surface area contributed by atoms with Crippen LogP contribution in [0, 0.1) is 0 Å². The van der Waals surface area contributed by atoms with Crippen molar-refractivity contribution < 1.29 is 9.59 Å². The van der Waals surface area contributed by atoms with Crippen LogP contribution in [0.5, 0.6) is 0 Å². The van der Waals surface area contributed by atoms with Gasteiger partial charge in [0.1, 0.15) is 0 Å². The summed E-state index contributed by atoms with van der Waals surface area (Å²) in [7, 11) is 0. The lowest BCUT2D eigenvalue weighted by molar-refractivity contribution is -0.112. The molecule has 3 rings (SSSR count). The molecule has 0 bridgehead atoms. The fourth-order valence-electron chi connectivity index (χ4n) is 1.94. The van der Waals surface area contributed by atoms with Crippen LogP contribution in [0.4, 0.5) is 5.69 Å². The highest BCUT2D eigenvalue weighted by Gasteiger charge is 2.29. The molecular weight excluding hydrogens is 270 g/mol. The Morgan fingerprint density at radius 2 is 1.88 bits per heavy atom. The Balaban J connectivity index is 2.42. The van der Waals surface area contributed by atoms with Crippen LogP contribution in [0.15, 0.2) is 34.8 Å². The third kappa shape index (κ3) is 1.20. The lowest BCUT2D eigenvalue weighted by atomic mass is 10.0. The minimum Gasteiger partial charge on any atom is -0.318 e. The van der Waals surface area contributed by atoms with Crippen molar-refractivity contribution in [2.45, 2.75) is 0 Å². The number of halogens is 1. The van der Waals surface area contributed by atoms with Gasteiger partial charge >= 0.3 is 0 Å². The number of fused-ring (bicyclic) bond motifs is 3. The highest BCUT2D eigenvalue weighted by molar-refractivity contribution is 9.10. The Hall–Kier alpha value is -1.68. The van der Waals surface area contributed by atoms with Crippen molar-refractivity contribution >= 4 is 44.1 Å². The van der Waals surface area contributed by atoms with Crippen LogP contribution in [0.2, 0.25) is 0 Å². The number of ketones is 1. The highest BCUT2D eigenvalue weighted by atomic mass is 79.9. The molecule has 4 heteroatoms. The van der Waals surface area contributed by atoms with E-state index in [4.69, 9.17) is 0 Å². The molecule has 0 atom stereocenters. The van der Waals surface area contributed by atoms with Crippen LogP contribution < -0.4 is 5.32 Å². The number of anilines is 1. The number of nitrogens with one attached hydrogen (secondary N) is 1. The van der Waals surface area contributed by atoms with Gasteiger partial charge in [0.2, 0.25) is 0 Å². The monoisotopic (exact) mass is 275 g/mol. The summed E-state index contributed by atoms with van der Waals surface area (Å²) in [5.41, 5.74) is 1.08. The molecule has 1 aliphatic rings. The van der Waals surface area contributed by atoms with Crippen LogP contribution in [-0.4, -0.2) is 11.7 Å². The normalized spacial score (nSPS) is 14.1. The smallest absolute Gasteiger partial charge is 0.296 e. The number of carbonyl (C=O) groups excluding carboxylic acids is 2. The van der Waals surface area contributed by atoms with Gasteiger partial charge in [-0.2, -0.15) is 0 Å². The van der Waals surface area contributed by atoms with E-state index in [2.05, 4.69) is 21.2 Å². The molecule has 1 aliphatic heterocycles. The summed E-state index contributed by atoms with van der Waals surface area (Å²) in [4.78, 5) is 22.9. The molecule has 3 nitrogen and oxygen atoms in total. The summed E-state index contributed by atoms with van der Waals surface area (Å²) in [6, 6.07) is 9.27. The Kier molecular flexibility index (Phi) is 1.88. The fourth-order valence-corrected chi connectivity index (χ4v) is 2.32. The fraction of sp³-hybridized carbons (Fsp3) is 0. The molecule has 78 valence electrons. The van der Waals surface area contributed by atoms with E-state index in [-0.39, 0.29) is 0 Å². The number of hydrogen-bond acceptors (Lipinski definition) is 2. The number of benzene rings is 2. The number of carbonyl (C=O) groups is 2. The van der Waals surface area contributed by atoms with E-state index in [1.165, 1.54) is 0 Å². The molecule has 0 unspecified atom stereocenters. The van der Waals surface area contributed by atoms with Crippen LogP contribution in [0.3, 0.4) is 0 Å². The molecule has 16 heavy (non-hydrogen) atoms. The van der Waals surface area contributed by atoms with E-state index in [0.717, 1.165) is 15.2 Å². The first-order chi connectivity index (χ1) is 7.66. The second-order valence-electron chi connectivity index (χ2n) is 3.64. The molecule has 1 N–H and O–H groups in total. The van der Waals surface area contributed by atoms with Crippen LogP contribution >= 0.6 is 15.9 Å². The zero-order valence-electron chi connectivity index (χ0n) is 8.08. The predicted octanol–water partition coefficient (Wildman–Crippen LogP) is 2.74. The highest BCUT2D eigenvalue weighted by Crippen LogP contribution is 2.32. The third-order valence-corrected chi connectivity index (χ3v) is 3.16. The van der Waals surface area contributed by atoms with E-state index in [1.54, 1.807) is 6.07 Å². The maximum absolute atomic E-state index is 11.7. The summed E-state index contributed by atoms with van der Waals surface area (Å²) in [6.45, 7) is 0. The Morgan fingerprint density at radius 1 is 1.06 bits per heavy atom. The largest absolute Gasteiger partial charge is 0.318 e. The topological polar surface area (TPSA) is 46.2 Å². The Morgan fingerprint density at radius 3 is 2.69 bits per heavy atom. The van der Waals surface area contributed by atoms with E-state index in [9.17, 15) is 9.59 Å². The van der Waals surface area contributed by atoms with Crippen LogP contribution in [0.1, 0.15) is 10.4 Å². The molecule has 0 fully saturated rings. The van der Waals surface area contributed by atoms with Crippen molar-refractivity contribution in [3.8, 4) is 0 Å². The molecule has 0 radical (unpaired) electrons. The van der Waals surface area contributed by atoms with Gasteiger partial charge in [-0.1, -0.05) is 28.1 Å². The zero-order valence-corrected chi connectivity index (χ0v) is 9.67. The van der Waals surface area contributed by atoms with Gasteiger partial charge in [0.25, 0.3) is 11.7 Å². The third-order valence-electron chi connectivity index (χ3n) is 2.66. The summed E-state index contributed by atoms with van der Waals surface area (Å²) in [6.07, 6.45) is 0. The minimum absolute atomic E-state index is 0.456. The number of hydrogen-bond donors (Lipinski definition) is 1. The molecular formula is C12H6BrNO2. The second kappa shape index (κ2) is 3.15. The van der Waals surface area contributed by atoms with Gasteiger partial charge in [0.15, 0.2) is 0 Å². The summed E-state index contributed by atoms with van der Waals surface area (Å²) in [5.74, 6) is -1.01. The lowest BCUT2D eigenvalue weighted by Crippen LogP contribution is -2.12. The maximum atomic E-state index is 11.7. The van der Waals surface area contributed by atoms with E-state index in [1.807, 2.05) is 24.3 Å². The zero-order chi connectivity index (χ0) is 11.3. The van der Waals surface area contributed by atoms with E-state index >= 15 is 0 Å². The average molecular weight is 276 g/mol. The molecule has 1 heterocycles. The molecule has 0 aliphatic carbocycles. The first-order valence-electron chi connectivity index (χ1n) is 4.75. The first kappa shape index (κ1) is 9.54. The van der Waals surface area contributed by atoms with Gasteiger partial charge in [-0.15, -0.1) is 0 Å². The SMILES string of the molecule is O=C1Nc2ccc3cc(Br)ccc3c2C1=O. The maximum Gasteiger partial charge on any atom is 0.296 e. The quantitative estimate of drug-likeness (QED) is 0.752. The number of Topliss-reactive ketones (excluding diaryl/α,β-unsaturated/α-hetero) is 1. The Labute approximate surface area is 99.6 Å². The van der Waals surface area contributed by atoms with Crippen molar-refractivity contribution in [3.05, 3.63) is 40.4 Å². The standard InChI is InChI=1S/C12H6BrNO2/c13-7-2-3-8-6(5-7)1-4-9-10(8)11(15)12(16)14-9/h1-5H,(H,14,15,16). The van der Waals surface area contributed by atoms with Gasteiger partial charge in [-0.3, -0.25) is 9.59 Å². The minimum atomic E-state index is -0.551. The molecule has 2 aromatic rings. The molecule has 1 amide bonds. The van der Waals surface area contributed by atoms with Gasteiger partial charge in [-0.25, -0.2) is 0 Å². The van der Waals surface area contributed by atoms with Crippen molar-refractivity contribution in [2.75, 3.05) is 5.32 Å². The molecule has 2 aromatic carbocycles. The van der Waals surface area contributed by atoms with Crippen LogP contribution in [0.25, 0.3) is 10.8 Å².